The zero-order chi connectivity index (χ0) is 24.3. The van der Waals surface area contributed by atoms with Crippen molar-refractivity contribution < 1.29 is 32.3 Å². The molecule has 11 nitrogen and oxygen atoms in total. The second-order valence-corrected chi connectivity index (χ2v) is 10.8. The SMILES string of the molecule is O=C(COC(=O)c1cccc(S(=O)(=O)N2CCCCC2)c1)NN1C(=O)NC2(CCCCC2)C1=O. The van der Waals surface area contributed by atoms with Gasteiger partial charge in [-0.05, 0) is 43.9 Å². The number of amides is 4. The van der Waals surface area contributed by atoms with Crippen LogP contribution >= 0.6 is 0 Å². The Morgan fingerprint density at radius 1 is 1.03 bits per heavy atom. The van der Waals surface area contributed by atoms with E-state index in [1.165, 1.54) is 28.6 Å². The highest BCUT2D eigenvalue weighted by Gasteiger charge is 2.52. The topological polar surface area (TPSA) is 142 Å². The van der Waals surface area contributed by atoms with E-state index in [1.54, 1.807) is 0 Å². The number of carbonyl (C=O) groups is 4. The number of nitrogens with zero attached hydrogens (tertiary/aromatic N) is 2. The highest BCUT2D eigenvalue weighted by Crippen LogP contribution is 2.33. The molecular formula is C22H28N4O7S. The molecule has 0 radical (unpaired) electrons. The van der Waals surface area contributed by atoms with Gasteiger partial charge in [-0.3, -0.25) is 15.0 Å². The number of imide groups is 1. The molecule has 34 heavy (non-hydrogen) atoms. The maximum atomic E-state index is 12.8. The number of benzene rings is 1. The van der Waals surface area contributed by atoms with Crippen molar-refractivity contribution in [1.29, 1.82) is 0 Å². The van der Waals surface area contributed by atoms with Crippen molar-refractivity contribution in [3.63, 3.8) is 0 Å². The van der Waals surface area contributed by atoms with E-state index < -0.39 is 46.0 Å². The molecule has 1 spiro atoms. The quantitative estimate of drug-likeness (QED) is 0.450. The first-order chi connectivity index (χ1) is 16.2. The Hall–Kier alpha value is -2.99. The summed E-state index contributed by atoms with van der Waals surface area (Å²) in [6, 6.07) is 4.73. The monoisotopic (exact) mass is 492 g/mol. The molecule has 0 unspecified atom stereocenters. The van der Waals surface area contributed by atoms with Crippen molar-refractivity contribution in [1.82, 2.24) is 20.1 Å². The van der Waals surface area contributed by atoms with Gasteiger partial charge in [-0.1, -0.05) is 31.7 Å². The molecule has 2 heterocycles. The van der Waals surface area contributed by atoms with Gasteiger partial charge in [-0.2, -0.15) is 9.31 Å². The molecule has 0 atom stereocenters. The molecule has 0 aromatic heterocycles. The number of carbonyl (C=O) groups excluding carboxylic acids is 4. The number of hydrogen-bond donors (Lipinski definition) is 2. The zero-order valence-corrected chi connectivity index (χ0v) is 19.6. The third-order valence-electron chi connectivity index (χ3n) is 6.46. The van der Waals surface area contributed by atoms with Crippen LogP contribution in [0.4, 0.5) is 4.79 Å². The molecule has 4 rings (SSSR count). The minimum Gasteiger partial charge on any atom is -0.452 e. The zero-order valence-electron chi connectivity index (χ0n) is 18.7. The van der Waals surface area contributed by atoms with Crippen LogP contribution in [0, 0.1) is 0 Å². The number of piperidine rings is 1. The molecule has 1 saturated carbocycles. The van der Waals surface area contributed by atoms with Crippen LogP contribution in [0.25, 0.3) is 0 Å². The lowest BCUT2D eigenvalue weighted by atomic mass is 9.82. The average molecular weight is 493 g/mol. The van der Waals surface area contributed by atoms with E-state index in [-0.39, 0.29) is 10.5 Å². The molecule has 2 N–H and O–H groups in total. The van der Waals surface area contributed by atoms with Crippen molar-refractivity contribution in [3.05, 3.63) is 29.8 Å². The first-order valence-corrected chi connectivity index (χ1v) is 12.9. The van der Waals surface area contributed by atoms with E-state index in [1.807, 2.05) is 0 Å². The standard InChI is InChI=1S/C22H28N4O7S/c27-18(24-26-20(29)22(23-21(26)30)10-3-1-4-11-22)15-33-19(28)16-8-7-9-17(14-16)34(31,32)25-12-5-2-6-13-25/h7-9,14H,1-6,10-13,15H2,(H,23,30)(H,24,27). The van der Waals surface area contributed by atoms with Gasteiger partial charge in [0, 0.05) is 13.1 Å². The Balaban J connectivity index is 1.35. The molecule has 12 heteroatoms. The molecule has 2 aliphatic heterocycles. The van der Waals surface area contributed by atoms with Gasteiger partial charge in [0.2, 0.25) is 10.0 Å². The number of hydrogen-bond acceptors (Lipinski definition) is 7. The third-order valence-corrected chi connectivity index (χ3v) is 8.36. The number of hydrazine groups is 1. The molecule has 2 saturated heterocycles. The summed E-state index contributed by atoms with van der Waals surface area (Å²) in [5, 5.41) is 3.30. The summed E-state index contributed by atoms with van der Waals surface area (Å²) < 4.78 is 32.1. The summed E-state index contributed by atoms with van der Waals surface area (Å²) in [7, 11) is -3.73. The second kappa shape index (κ2) is 9.71. The van der Waals surface area contributed by atoms with Gasteiger partial charge in [0.15, 0.2) is 6.61 Å². The molecule has 3 fully saturated rings. The van der Waals surface area contributed by atoms with Crippen LogP contribution in [0.2, 0.25) is 0 Å². The second-order valence-electron chi connectivity index (χ2n) is 8.82. The first-order valence-electron chi connectivity index (χ1n) is 11.5. The normalized spacial score (nSPS) is 20.8. The highest BCUT2D eigenvalue weighted by molar-refractivity contribution is 7.89. The van der Waals surface area contributed by atoms with Crippen molar-refractivity contribution in [2.45, 2.75) is 61.8 Å². The average Bonchev–Trinajstić information content (AvgIpc) is 3.07. The lowest BCUT2D eigenvalue weighted by Crippen LogP contribution is -2.51. The van der Waals surface area contributed by atoms with Gasteiger partial charge in [0.05, 0.1) is 10.5 Å². The van der Waals surface area contributed by atoms with Crippen molar-refractivity contribution in [2.24, 2.45) is 0 Å². The number of sulfonamides is 1. The van der Waals surface area contributed by atoms with Crippen molar-refractivity contribution in [3.8, 4) is 0 Å². The Bertz CT molecular complexity index is 1090. The predicted molar refractivity (Wildman–Crippen MR) is 119 cm³/mol. The van der Waals surface area contributed by atoms with E-state index in [2.05, 4.69) is 10.7 Å². The highest BCUT2D eigenvalue weighted by atomic mass is 32.2. The lowest BCUT2D eigenvalue weighted by Gasteiger charge is -2.30. The number of rotatable bonds is 6. The Morgan fingerprint density at radius 2 is 1.71 bits per heavy atom. The van der Waals surface area contributed by atoms with Crippen LogP contribution in [0.5, 0.6) is 0 Å². The van der Waals surface area contributed by atoms with Crippen LogP contribution in [0.1, 0.15) is 61.7 Å². The van der Waals surface area contributed by atoms with Crippen molar-refractivity contribution in [2.75, 3.05) is 19.7 Å². The maximum absolute atomic E-state index is 12.8. The number of urea groups is 1. The van der Waals surface area contributed by atoms with Gasteiger partial charge >= 0.3 is 12.0 Å². The minimum absolute atomic E-state index is 0.0228. The molecule has 1 aromatic carbocycles. The Labute approximate surface area is 197 Å². The fraction of sp³-hybridized carbons (Fsp3) is 0.545. The predicted octanol–water partition coefficient (Wildman–Crippen LogP) is 1.30. The molecule has 4 amide bonds. The summed E-state index contributed by atoms with van der Waals surface area (Å²) in [5.41, 5.74) is 1.18. The van der Waals surface area contributed by atoms with Gasteiger partial charge in [0.25, 0.3) is 11.8 Å². The fourth-order valence-electron chi connectivity index (χ4n) is 4.63. The van der Waals surface area contributed by atoms with Crippen LogP contribution in [0.15, 0.2) is 29.2 Å². The number of esters is 1. The smallest absolute Gasteiger partial charge is 0.344 e. The summed E-state index contributed by atoms with van der Waals surface area (Å²) in [6.45, 7) is 0.120. The summed E-state index contributed by atoms with van der Waals surface area (Å²) in [5.74, 6) is -2.28. The van der Waals surface area contributed by atoms with E-state index in [4.69, 9.17) is 4.74 Å². The van der Waals surface area contributed by atoms with Crippen LogP contribution in [0.3, 0.4) is 0 Å². The van der Waals surface area contributed by atoms with Gasteiger partial charge in [-0.25, -0.2) is 18.0 Å². The number of nitrogens with one attached hydrogen (secondary N) is 2. The lowest BCUT2D eigenvalue weighted by molar-refractivity contribution is -0.140. The summed E-state index contributed by atoms with van der Waals surface area (Å²) >= 11 is 0. The molecular weight excluding hydrogens is 464 g/mol. The van der Waals surface area contributed by atoms with Gasteiger partial charge in [0.1, 0.15) is 5.54 Å². The van der Waals surface area contributed by atoms with Crippen LogP contribution < -0.4 is 10.7 Å². The van der Waals surface area contributed by atoms with Crippen LogP contribution in [-0.4, -0.2) is 66.8 Å². The van der Waals surface area contributed by atoms with E-state index >= 15 is 0 Å². The molecule has 3 aliphatic rings. The maximum Gasteiger partial charge on any atom is 0.344 e. The van der Waals surface area contributed by atoms with Crippen LogP contribution in [-0.2, 0) is 24.3 Å². The first kappa shape index (κ1) is 24.1. The van der Waals surface area contributed by atoms with Gasteiger partial charge < -0.3 is 10.1 Å². The van der Waals surface area contributed by atoms with E-state index in [0.29, 0.717) is 30.9 Å². The van der Waals surface area contributed by atoms with E-state index in [9.17, 15) is 27.6 Å². The largest absolute Gasteiger partial charge is 0.452 e. The molecule has 0 bridgehead atoms. The van der Waals surface area contributed by atoms with Gasteiger partial charge in [-0.15, -0.1) is 0 Å². The van der Waals surface area contributed by atoms with E-state index in [0.717, 1.165) is 38.5 Å². The molecule has 184 valence electrons. The fourth-order valence-corrected chi connectivity index (χ4v) is 6.19. The third kappa shape index (κ3) is 4.78. The Kier molecular flexibility index (Phi) is 6.89. The van der Waals surface area contributed by atoms with Crippen molar-refractivity contribution >= 4 is 33.8 Å². The Morgan fingerprint density at radius 3 is 2.41 bits per heavy atom. The summed E-state index contributed by atoms with van der Waals surface area (Å²) in [6.07, 6.45) is 6.16. The molecule has 1 aliphatic carbocycles. The summed E-state index contributed by atoms with van der Waals surface area (Å²) in [4.78, 5) is 49.6. The minimum atomic E-state index is -3.73. The molecule has 1 aromatic rings. The number of ether oxygens (including phenoxy) is 1.